The van der Waals surface area contributed by atoms with Crippen molar-refractivity contribution in [3.8, 4) is 0 Å². The highest BCUT2D eigenvalue weighted by Crippen LogP contribution is 2.14. The Balaban J connectivity index is 3.50. The van der Waals surface area contributed by atoms with E-state index in [4.69, 9.17) is 4.74 Å². The number of hydrogen-bond acceptors (Lipinski definition) is 5. The van der Waals surface area contributed by atoms with E-state index in [0.717, 1.165) is 70.6 Å². The maximum atomic E-state index is 12.4. The number of aliphatic hydroxyl groups is 2. The number of rotatable bonds is 45. The molecule has 0 bridgehead atoms. The van der Waals surface area contributed by atoms with Crippen molar-refractivity contribution in [2.24, 2.45) is 0 Å². The molecule has 3 N–H and O–H groups in total. The van der Waals surface area contributed by atoms with Crippen LogP contribution in [-0.4, -0.2) is 47.4 Å². The lowest BCUT2D eigenvalue weighted by Crippen LogP contribution is -2.45. The van der Waals surface area contributed by atoms with Crippen molar-refractivity contribution in [1.29, 1.82) is 0 Å². The van der Waals surface area contributed by atoms with Crippen LogP contribution in [-0.2, 0) is 14.3 Å². The first-order chi connectivity index (χ1) is 28.0. The molecule has 0 rings (SSSR count). The van der Waals surface area contributed by atoms with Crippen LogP contribution in [0.2, 0.25) is 0 Å². The van der Waals surface area contributed by atoms with Gasteiger partial charge in [-0.3, -0.25) is 9.59 Å². The molecule has 0 aliphatic carbocycles. The predicted octanol–water partition coefficient (Wildman–Crippen LogP) is 14.5. The average Bonchev–Trinajstić information content (AvgIpc) is 3.21. The number of amides is 1. The zero-order valence-corrected chi connectivity index (χ0v) is 37.8. The van der Waals surface area contributed by atoms with E-state index in [1.807, 2.05) is 6.08 Å². The number of allylic oxidation sites excluding steroid dienone is 5. The topological polar surface area (TPSA) is 95.9 Å². The molecule has 0 aliphatic heterocycles. The maximum absolute atomic E-state index is 12.4. The number of nitrogens with one attached hydrogen (secondary N) is 1. The standard InChI is InChI=1S/C51H95NO5/c1-3-5-7-9-11-13-15-16-17-18-19-22-25-29-33-37-41-45-51(56)57-46-42-38-34-30-26-23-20-21-24-28-32-36-40-44-50(55)52-48(47-53)49(54)43-39-35-31-27-14-12-10-8-6-4-2/h16-17,21,24,39,43,48-49,53-54H,3-15,18-20,22-23,25-38,40-42,44-47H2,1-2H3,(H,52,55)/b17-16-,24-21-,43-39+. The van der Waals surface area contributed by atoms with E-state index in [9.17, 15) is 19.8 Å². The summed E-state index contributed by atoms with van der Waals surface area (Å²) < 4.78 is 5.46. The number of unbranched alkanes of at least 4 members (excludes halogenated alkanes) is 30. The van der Waals surface area contributed by atoms with E-state index in [0.29, 0.717) is 19.4 Å². The Morgan fingerprint density at radius 2 is 0.825 bits per heavy atom. The summed E-state index contributed by atoms with van der Waals surface area (Å²) in [6.45, 7) is 4.82. The maximum Gasteiger partial charge on any atom is 0.305 e. The molecule has 6 heteroatoms. The van der Waals surface area contributed by atoms with Crippen LogP contribution >= 0.6 is 0 Å². The van der Waals surface area contributed by atoms with E-state index in [1.54, 1.807) is 6.08 Å². The Morgan fingerprint density at radius 1 is 0.474 bits per heavy atom. The zero-order valence-electron chi connectivity index (χ0n) is 37.8. The average molecular weight is 802 g/mol. The molecule has 1 amide bonds. The lowest BCUT2D eigenvalue weighted by atomic mass is 10.1. The highest BCUT2D eigenvalue weighted by atomic mass is 16.5. The van der Waals surface area contributed by atoms with Crippen LogP contribution in [0.1, 0.15) is 251 Å². The fraction of sp³-hybridized carbons (Fsp3) is 0.843. The number of esters is 1. The second-order valence-corrected chi connectivity index (χ2v) is 16.8. The van der Waals surface area contributed by atoms with Gasteiger partial charge in [0.05, 0.1) is 25.4 Å². The van der Waals surface area contributed by atoms with E-state index >= 15 is 0 Å². The number of ether oxygens (including phenoxy) is 1. The quantitative estimate of drug-likeness (QED) is 0.0324. The summed E-state index contributed by atoms with van der Waals surface area (Å²) in [6.07, 6.45) is 55.7. The van der Waals surface area contributed by atoms with E-state index in [2.05, 4.69) is 43.5 Å². The van der Waals surface area contributed by atoms with Gasteiger partial charge in [0.2, 0.25) is 5.91 Å². The van der Waals surface area contributed by atoms with Gasteiger partial charge >= 0.3 is 5.97 Å². The minimum atomic E-state index is -0.860. The smallest absolute Gasteiger partial charge is 0.305 e. The molecular weight excluding hydrogens is 707 g/mol. The van der Waals surface area contributed by atoms with E-state index < -0.39 is 12.1 Å². The summed E-state index contributed by atoms with van der Waals surface area (Å²) in [5.74, 6) is -0.120. The lowest BCUT2D eigenvalue weighted by molar-refractivity contribution is -0.143. The van der Waals surface area contributed by atoms with Crippen molar-refractivity contribution in [2.45, 2.75) is 264 Å². The lowest BCUT2D eigenvalue weighted by Gasteiger charge is -2.19. The third-order valence-corrected chi connectivity index (χ3v) is 11.1. The molecule has 334 valence electrons. The van der Waals surface area contributed by atoms with Crippen LogP contribution in [0.15, 0.2) is 36.5 Å². The number of hydrogen-bond donors (Lipinski definition) is 3. The van der Waals surface area contributed by atoms with Gasteiger partial charge in [-0.25, -0.2) is 0 Å². The van der Waals surface area contributed by atoms with Crippen molar-refractivity contribution in [1.82, 2.24) is 5.32 Å². The van der Waals surface area contributed by atoms with Crippen molar-refractivity contribution in [3.05, 3.63) is 36.5 Å². The van der Waals surface area contributed by atoms with Gasteiger partial charge in [-0.15, -0.1) is 0 Å². The Bertz CT molecular complexity index is 931. The van der Waals surface area contributed by atoms with Gasteiger partial charge < -0.3 is 20.3 Å². The Kier molecular flexibility index (Phi) is 45.2. The predicted molar refractivity (Wildman–Crippen MR) is 246 cm³/mol. The monoisotopic (exact) mass is 802 g/mol. The summed E-state index contributed by atoms with van der Waals surface area (Å²) in [7, 11) is 0. The third-order valence-electron chi connectivity index (χ3n) is 11.1. The van der Waals surface area contributed by atoms with Crippen LogP contribution in [0.5, 0.6) is 0 Å². The molecule has 6 nitrogen and oxygen atoms in total. The molecule has 0 aromatic rings. The van der Waals surface area contributed by atoms with Crippen molar-refractivity contribution < 1.29 is 24.5 Å². The normalized spacial score (nSPS) is 13.0. The van der Waals surface area contributed by atoms with Gasteiger partial charge in [0.1, 0.15) is 0 Å². The van der Waals surface area contributed by atoms with E-state index in [-0.39, 0.29) is 18.5 Å². The summed E-state index contributed by atoms with van der Waals surface area (Å²) >= 11 is 0. The Labute approximate surface area is 353 Å². The van der Waals surface area contributed by atoms with Gasteiger partial charge in [-0.2, -0.15) is 0 Å². The number of carbonyl (C=O) groups is 2. The largest absolute Gasteiger partial charge is 0.466 e. The fourth-order valence-electron chi connectivity index (χ4n) is 7.27. The molecule has 0 aliphatic rings. The summed E-state index contributed by atoms with van der Waals surface area (Å²) in [6, 6.07) is -0.646. The van der Waals surface area contributed by atoms with Crippen LogP contribution < -0.4 is 5.32 Å². The molecule has 0 fully saturated rings. The molecule has 0 spiro atoms. The van der Waals surface area contributed by atoms with Gasteiger partial charge in [-0.1, -0.05) is 192 Å². The molecular formula is C51H95NO5. The van der Waals surface area contributed by atoms with Crippen molar-refractivity contribution in [3.63, 3.8) is 0 Å². The summed E-state index contributed by atoms with van der Waals surface area (Å²) in [4.78, 5) is 24.4. The number of aliphatic hydroxyl groups excluding tert-OH is 2. The first-order valence-corrected chi connectivity index (χ1v) is 24.8. The summed E-state index contributed by atoms with van der Waals surface area (Å²) in [5, 5.41) is 22.9. The third kappa shape index (κ3) is 43.5. The molecule has 0 heterocycles. The molecule has 0 aromatic heterocycles. The SMILES string of the molecule is CCCCCCCC/C=C\CCCCCCCCCC(=O)OCCCCCCCC/C=C\CCCCCC(=O)NC(CO)C(O)/C=C/CCCCCCCCCC. The van der Waals surface area contributed by atoms with Crippen molar-refractivity contribution >= 4 is 11.9 Å². The van der Waals surface area contributed by atoms with Gasteiger partial charge in [-0.05, 0) is 83.5 Å². The first-order valence-electron chi connectivity index (χ1n) is 24.8. The van der Waals surface area contributed by atoms with Crippen LogP contribution in [0.25, 0.3) is 0 Å². The Hall–Kier alpha value is -1.92. The second kappa shape index (κ2) is 46.8. The Morgan fingerprint density at radius 3 is 1.26 bits per heavy atom. The number of carbonyl (C=O) groups excluding carboxylic acids is 2. The van der Waals surface area contributed by atoms with E-state index in [1.165, 1.54) is 154 Å². The molecule has 57 heavy (non-hydrogen) atoms. The minimum Gasteiger partial charge on any atom is -0.466 e. The molecule has 0 saturated heterocycles. The highest BCUT2D eigenvalue weighted by Gasteiger charge is 2.18. The minimum absolute atomic E-state index is 0.0185. The molecule has 0 radical (unpaired) electrons. The van der Waals surface area contributed by atoms with Gasteiger partial charge in [0.15, 0.2) is 0 Å². The van der Waals surface area contributed by atoms with Gasteiger partial charge in [0, 0.05) is 12.8 Å². The fourth-order valence-corrected chi connectivity index (χ4v) is 7.27. The highest BCUT2D eigenvalue weighted by molar-refractivity contribution is 5.76. The molecule has 2 atom stereocenters. The van der Waals surface area contributed by atoms with Crippen LogP contribution in [0.4, 0.5) is 0 Å². The summed E-state index contributed by atoms with van der Waals surface area (Å²) in [5.41, 5.74) is 0. The molecule has 0 aromatic carbocycles. The molecule has 0 saturated carbocycles. The van der Waals surface area contributed by atoms with Crippen LogP contribution in [0, 0.1) is 0 Å². The van der Waals surface area contributed by atoms with Crippen molar-refractivity contribution in [2.75, 3.05) is 13.2 Å². The van der Waals surface area contributed by atoms with Gasteiger partial charge in [0.25, 0.3) is 0 Å². The molecule has 2 unspecified atom stereocenters. The zero-order chi connectivity index (χ0) is 41.5. The second-order valence-electron chi connectivity index (χ2n) is 16.8. The first kappa shape index (κ1) is 55.1. The van der Waals surface area contributed by atoms with Crippen LogP contribution in [0.3, 0.4) is 0 Å².